The van der Waals surface area contributed by atoms with Gasteiger partial charge in [-0.1, -0.05) is 24.3 Å². The molecule has 0 aliphatic heterocycles. The molecule has 2 aromatic rings. The molecule has 0 saturated heterocycles. The summed E-state index contributed by atoms with van der Waals surface area (Å²) < 4.78 is 0. The number of hydrogen-bond donors (Lipinski definition) is 2. The second-order valence-corrected chi connectivity index (χ2v) is 4.66. The van der Waals surface area contributed by atoms with E-state index < -0.39 is 11.4 Å². The average Bonchev–Trinajstić information content (AvgIpc) is 2.92. The average molecular weight is 242 g/mol. The third-order valence-corrected chi connectivity index (χ3v) is 3.74. The van der Waals surface area contributed by atoms with Crippen LogP contribution in [0.4, 0.5) is 0 Å². The molecule has 1 atom stereocenters. The number of carboxylic acids is 1. The summed E-state index contributed by atoms with van der Waals surface area (Å²) in [5.41, 5.74) is 0.972. The number of H-pyrrole nitrogens is 1. The van der Waals surface area contributed by atoms with Crippen molar-refractivity contribution in [2.24, 2.45) is 0 Å². The van der Waals surface area contributed by atoms with Crippen LogP contribution >= 0.6 is 0 Å². The van der Waals surface area contributed by atoms with E-state index in [1.165, 1.54) is 0 Å². The van der Waals surface area contributed by atoms with Gasteiger partial charge in [0.1, 0.15) is 5.82 Å². The van der Waals surface area contributed by atoms with Crippen molar-refractivity contribution >= 4 is 5.97 Å². The van der Waals surface area contributed by atoms with E-state index in [0.717, 1.165) is 24.0 Å². The lowest BCUT2D eigenvalue weighted by atomic mass is 9.69. The van der Waals surface area contributed by atoms with Crippen LogP contribution in [0.3, 0.4) is 0 Å². The molecule has 1 aliphatic carbocycles. The summed E-state index contributed by atoms with van der Waals surface area (Å²) in [5.74, 6) is -0.299. The van der Waals surface area contributed by atoms with E-state index in [-0.39, 0.29) is 0 Å². The number of rotatable bonds is 2. The van der Waals surface area contributed by atoms with Crippen LogP contribution in [0.5, 0.6) is 0 Å². The molecule has 1 aliphatic rings. The second kappa shape index (κ2) is 3.98. The molecule has 4 nitrogen and oxygen atoms in total. The fourth-order valence-corrected chi connectivity index (χ4v) is 2.90. The first-order valence-electron chi connectivity index (χ1n) is 6.07. The van der Waals surface area contributed by atoms with Crippen LogP contribution in [-0.4, -0.2) is 21.0 Å². The highest BCUT2D eigenvalue weighted by molar-refractivity contribution is 5.85. The summed E-state index contributed by atoms with van der Waals surface area (Å²) in [5, 5.41) is 9.75. The first kappa shape index (κ1) is 11.0. The van der Waals surface area contributed by atoms with Crippen LogP contribution in [-0.2, 0) is 16.6 Å². The summed E-state index contributed by atoms with van der Waals surface area (Å²) in [6, 6.07) is 7.77. The topological polar surface area (TPSA) is 66.0 Å². The molecule has 1 aromatic heterocycles. The first-order valence-corrected chi connectivity index (χ1v) is 6.07. The monoisotopic (exact) mass is 242 g/mol. The molecule has 1 aromatic carbocycles. The summed E-state index contributed by atoms with van der Waals surface area (Å²) in [7, 11) is 0. The van der Waals surface area contributed by atoms with Crippen molar-refractivity contribution in [3.63, 3.8) is 0 Å². The largest absolute Gasteiger partial charge is 0.480 e. The molecule has 0 amide bonds. The van der Waals surface area contributed by atoms with Gasteiger partial charge in [-0.2, -0.15) is 0 Å². The number of aromatic nitrogens is 2. The lowest BCUT2D eigenvalue weighted by Crippen LogP contribution is -2.41. The van der Waals surface area contributed by atoms with E-state index in [1.54, 1.807) is 12.4 Å². The molecule has 2 N–H and O–H groups in total. The Kier molecular flexibility index (Phi) is 2.44. The number of hydrogen-bond acceptors (Lipinski definition) is 2. The quantitative estimate of drug-likeness (QED) is 0.847. The Labute approximate surface area is 105 Å². The zero-order valence-corrected chi connectivity index (χ0v) is 9.89. The number of aromatic amines is 1. The Bertz CT molecular complexity index is 577. The maximum atomic E-state index is 11.9. The van der Waals surface area contributed by atoms with E-state index in [4.69, 9.17) is 0 Å². The number of imidazole rings is 1. The van der Waals surface area contributed by atoms with Crippen LogP contribution in [0.15, 0.2) is 36.7 Å². The van der Waals surface area contributed by atoms with Crippen LogP contribution < -0.4 is 0 Å². The second-order valence-electron chi connectivity index (χ2n) is 4.66. The van der Waals surface area contributed by atoms with Crippen molar-refractivity contribution < 1.29 is 9.90 Å². The zero-order chi connectivity index (χ0) is 12.6. The Balaban J connectivity index is 2.27. The third-order valence-electron chi connectivity index (χ3n) is 3.74. The summed E-state index contributed by atoms with van der Waals surface area (Å²) in [6.07, 6.45) is 5.68. The fraction of sp³-hybridized carbons (Fsp3) is 0.286. The normalized spacial score (nSPS) is 22.4. The van der Waals surface area contributed by atoms with Crippen LogP contribution in [0.2, 0.25) is 0 Å². The van der Waals surface area contributed by atoms with Gasteiger partial charge in [0.15, 0.2) is 5.41 Å². The molecule has 3 rings (SSSR count). The molecule has 0 bridgehead atoms. The van der Waals surface area contributed by atoms with Gasteiger partial charge >= 0.3 is 5.97 Å². The molecular weight excluding hydrogens is 228 g/mol. The number of nitrogens with one attached hydrogen (secondary N) is 1. The third kappa shape index (κ3) is 1.38. The minimum absolute atomic E-state index is 0.530. The van der Waals surface area contributed by atoms with Gasteiger partial charge in [0, 0.05) is 12.4 Å². The highest BCUT2D eigenvalue weighted by Gasteiger charge is 2.47. The highest BCUT2D eigenvalue weighted by atomic mass is 16.4. The minimum Gasteiger partial charge on any atom is -0.480 e. The van der Waals surface area contributed by atoms with Gasteiger partial charge in [0.2, 0.25) is 0 Å². The Morgan fingerprint density at radius 3 is 2.94 bits per heavy atom. The van der Waals surface area contributed by atoms with Crippen molar-refractivity contribution in [3.8, 4) is 0 Å². The number of aliphatic carboxylic acids is 1. The number of carboxylic acid groups (broad SMARTS) is 1. The van der Waals surface area contributed by atoms with E-state index in [2.05, 4.69) is 9.97 Å². The fourth-order valence-electron chi connectivity index (χ4n) is 2.90. The highest BCUT2D eigenvalue weighted by Crippen LogP contribution is 2.41. The lowest BCUT2D eigenvalue weighted by molar-refractivity contribution is -0.143. The van der Waals surface area contributed by atoms with E-state index >= 15 is 0 Å². The van der Waals surface area contributed by atoms with Crippen molar-refractivity contribution in [2.75, 3.05) is 0 Å². The maximum absolute atomic E-state index is 11.9. The summed E-state index contributed by atoms with van der Waals surface area (Å²) >= 11 is 0. The Morgan fingerprint density at radius 1 is 1.39 bits per heavy atom. The minimum atomic E-state index is -1.02. The van der Waals surface area contributed by atoms with Gasteiger partial charge < -0.3 is 10.1 Å². The molecule has 0 radical (unpaired) electrons. The Hall–Kier alpha value is -2.10. The molecule has 18 heavy (non-hydrogen) atoms. The van der Waals surface area contributed by atoms with Crippen molar-refractivity contribution in [2.45, 2.75) is 24.7 Å². The number of fused-ring (bicyclic) bond motifs is 1. The molecule has 1 unspecified atom stereocenters. The van der Waals surface area contributed by atoms with E-state index in [9.17, 15) is 9.90 Å². The molecule has 0 spiro atoms. The predicted molar refractivity (Wildman–Crippen MR) is 66.4 cm³/mol. The van der Waals surface area contributed by atoms with Crippen LogP contribution in [0.25, 0.3) is 0 Å². The van der Waals surface area contributed by atoms with Gasteiger partial charge in [-0.3, -0.25) is 4.79 Å². The molecular formula is C14H14N2O2. The van der Waals surface area contributed by atoms with Gasteiger partial charge in [0.25, 0.3) is 0 Å². The van der Waals surface area contributed by atoms with Crippen LogP contribution in [0, 0.1) is 0 Å². The molecule has 0 saturated carbocycles. The molecule has 4 heteroatoms. The number of carbonyl (C=O) groups is 1. The molecule has 1 heterocycles. The van der Waals surface area contributed by atoms with Crippen molar-refractivity contribution in [3.05, 3.63) is 53.6 Å². The smallest absolute Gasteiger partial charge is 0.321 e. The zero-order valence-electron chi connectivity index (χ0n) is 9.89. The number of benzene rings is 1. The van der Waals surface area contributed by atoms with Crippen molar-refractivity contribution in [1.82, 2.24) is 9.97 Å². The standard InChI is InChI=1S/C14H14N2O2/c17-13(18)14(12-15-8-9-16-12)7-3-5-10-4-1-2-6-11(10)14/h1-2,4,6,8-9H,3,5,7H2,(H,15,16)(H,17,18). The van der Waals surface area contributed by atoms with Gasteiger partial charge in [-0.05, 0) is 30.4 Å². The maximum Gasteiger partial charge on any atom is 0.321 e. The predicted octanol–water partition coefficient (Wildman–Crippen LogP) is 2.12. The SMILES string of the molecule is O=C(O)C1(c2ncc[nH]2)CCCc2ccccc21. The van der Waals surface area contributed by atoms with Gasteiger partial charge in [-0.25, -0.2) is 4.98 Å². The Morgan fingerprint density at radius 2 is 2.22 bits per heavy atom. The molecule has 92 valence electrons. The number of nitrogens with zero attached hydrogens (tertiary/aromatic N) is 1. The summed E-state index contributed by atoms with van der Waals surface area (Å²) in [4.78, 5) is 19.1. The van der Waals surface area contributed by atoms with E-state index in [1.807, 2.05) is 24.3 Å². The van der Waals surface area contributed by atoms with Crippen LogP contribution in [0.1, 0.15) is 29.8 Å². The number of aryl methyl sites for hydroxylation is 1. The van der Waals surface area contributed by atoms with Gasteiger partial charge in [-0.15, -0.1) is 0 Å². The van der Waals surface area contributed by atoms with Gasteiger partial charge in [0.05, 0.1) is 0 Å². The first-order chi connectivity index (χ1) is 8.75. The molecule has 0 fully saturated rings. The van der Waals surface area contributed by atoms with E-state index in [0.29, 0.717) is 12.2 Å². The summed E-state index contributed by atoms with van der Waals surface area (Å²) in [6.45, 7) is 0. The van der Waals surface area contributed by atoms with Crippen molar-refractivity contribution in [1.29, 1.82) is 0 Å². The lowest BCUT2D eigenvalue weighted by Gasteiger charge is -2.33.